The molecule has 0 aliphatic carbocycles. The van der Waals surface area contributed by atoms with Gasteiger partial charge in [0.25, 0.3) is 0 Å². The van der Waals surface area contributed by atoms with Crippen LogP contribution in [0.15, 0.2) is 60.8 Å². The molecular formula is C29H33FN6O2. The fourth-order valence-corrected chi connectivity index (χ4v) is 5.12. The number of ether oxygens (including phenoxy) is 2. The number of benzene rings is 2. The summed E-state index contributed by atoms with van der Waals surface area (Å²) in [7, 11) is 1.73. The zero-order valence-corrected chi connectivity index (χ0v) is 21.8. The number of nitrogen functional groups attached to an aromatic ring is 1. The Labute approximate surface area is 222 Å². The third-order valence-corrected chi connectivity index (χ3v) is 6.78. The second-order valence-electron chi connectivity index (χ2n) is 9.40. The van der Waals surface area contributed by atoms with Crippen molar-refractivity contribution in [3.05, 3.63) is 78.0 Å². The minimum atomic E-state index is -0.284. The Balaban J connectivity index is 1.50. The number of hydrogen-bond acceptors (Lipinski definition) is 7. The lowest BCUT2D eigenvalue weighted by Gasteiger charge is -2.27. The van der Waals surface area contributed by atoms with Crippen molar-refractivity contribution < 1.29 is 13.9 Å². The van der Waals surface area contributed by atoms with Crippen molar-refractivity contribution in [1.82, 2.24) is 24.4 Å². The summed E-state index contributed by atoms with van der Waals surface area (Å²) in [5.74, 6) is 1.79. The predicted molar refractivity (Wildman–Crippen MR) is 145 cm³/mol. The number of fused-ring (bicyclic) bond motifs is 1. The summed E-state index contributed by atoms with van der Waals surface area (Å²) in [6.45, 7) is 5.62. The normalized spacial score (nSPS) is 14.7. The second kappa shape index (κ2) is 11.7. The van der Waals surface area contributed by atoms with Gasteiger partial charge >= 0.3 is 0 Å². The molecule has 2 aromatic heterocycles. The number of methoxy groups -OCH3 is 1. The zero-order valence-electron chi connectivity index (χ0n) is 21.8. The molecule has 0 saturated heterocycles. The van der Waals surface area contributed by atoms with Crippen LogP contribution in [0.1, 0.15) is 30.8 Å². The molecule has 198 valence electrons. The third kappa shape index (κ3) is 5.69. The van der Waals surface area contributed by atoms with Crippen LogP contribution in [-0.4, -0.2) is 57.8 Å². The number of nitrogens with two attached hydrogens (primary N) is 1. The molecule has 1 aliphatic heterocycles. The van der Waals surface area contributed by atoms with Gasteiger partial charge in [0.15, 0.2) is 0 Å². The van der Waals surface area contributed by atoms with E-state index in [1.54, 1.807) is 25.4 Å². The SMILES string of the molecule is CCOc1cccc(CN(CCOC)CC2CCc3nc(-c4ccc(F)cc4)c(-c4ccnc(N)n4)n32)c1. The summed E-state index contributed by atoms with van der Waals surface area (Å²) in [6, 6.07) is 16.7. The van der Waals surface area contributed by atoms with Crippen molar-refractivity contribution in [1.29, 1.82) is 0 Å². The van der Waals surface area contributed by atoms with Crippen molar-refractivity contribution in [3.63, 3.8) is 0 Å². The van der Waals surface area contributed by atoms with E-state index in [9.17, 15) is 4.39 Å². The molecule has 3 heterocycles. The number of imidazole rings is 1. The molecule has 38 heavy (non-hydrogen) atoms. The number of aromatic nitrogens is 4. The standard InChI is InChI=1S/C29H33FN6O2/c1-3-38-24-6-4-5-20(17-24)18-35(15-16-37-2)19-23-11-12-26-34-27(21-7-9-22(30)10-8-21)28(36(23)26)25-13-14-32-29(31)33-25/h4-10,13-14,17,23H,3,11-12,15-16,18-19H2,1-2H3,(H2,31,32,33). The van der Waals surface area contributed by atoms with Crippen LogP contribution >= 0.6 is 0 Å². The lowest BCUT2D eigenvalue weighted by atomic mass is 10.1. The lowest BCUT2D eigenvalue weighted by molar-refractivity contribution is 0.134. The summed E-state index contributed by atoms with van der Waals surface area (Å²) in [6.07, 6.45) is 3.46. The lowest BCUT2D eigenvalue weighted by Crippen LogP contribution is -2.32. The molecule has 1 unspecified atom stereocenters. The van der Waals surface area contributed by atoms with E-state index in [0.29, 0.717) is 18.9 Å². The van der Waals surface area contributed by atoms with Crippen LogP contribution in [0.5, 0.6) is 5.75 Å². The molecule has 5 rings (SSSR count). The van der Waals surface area contributed by atoms with Crippen LogP contribution in [0.2, 0.25) is 0 Å². The van der Waals surface area contributed by atoms with Crippen LogP contribution < -0.4 is 10.5 Å². The maximum absolute atomic E-state index is 13.7. The first-order chi connectivity index (χ1) is 18.6. The monoisotopic (exact) mass is 516 g/mol. The van der Waals surface area contributed by atoms with Crippen LogP contribution in [0.4, 0.5) is 10.3 Å². The Bertz CT molecular complexity index is 1370. The van der Waals surface area contributed by atoms with Gasteiger partial charge in [-0.3, -0.25) is 4.90 Å². The molecule has 1 aliphatic rings. The number of rotatable bonds is 11. The molecule has 4 aromatic rings. The molecule has 0 bridgehead atoms. The van der Waals surface area contributed by atoms with Gasteiger partial charge in [0.1, 0.15) is 17.4 Å². The predicted octanol–water partition coefficient (Wildman–Crippen LogP) is 4.76. The first-order valence-corrected chi connectivity index (χ1v) is 12.9. The Kier molecular flexibility index (Phi) is 7.95. The van der Waals surface area contributed by atoms with Gasteiger partial charge in [0.2, 0.25) is 5.95 Å². The maximum Gasteiger partial charge on any atom is 0.220 e. The smallest absolute Gasteiger partial charge is 0.220 e. The first-order valence-electron chi connectivity index (χ1n) is 12.9. The zero-order chi connectivity index (χ0) is 26.5. The Hall–Kier alpha value is -3.82. The van der Waals surface area contributed by atoms with Crippen molar-refractivity contribution in [2.45, 2.75) is 32.4 Å². The molecule has 0 amide bonds. The minimum absolute atomic E-state index is 0.171. The Morgan fingerprint density at radius 1 is 1.13 bits per heavy atom. The summed E-state index contributed by atoms with van der Waals surface area (Å²) in [5.41, 5.74) is 10.4. The summed E-state index contributed by atoms with van der Waals surface area (Å²) >= 11 is 0. The molecule has 9 heteroatoms. The van der Waals surface area contributed by atoms with Gasteiger partial charge in [-0.2, -0.15) is 0 Å². The van der Waals surface area contributed by atoms with Gasteiger partial charge in [-0.25, -0.2) is 19.3 Å². The highest BCUT2D eigenvalue weighted by molar-refractivity contribution is 5.78. The number of hydrogen-bond donors (Lipinski definition) is 1. The average molecular weight is 517 g/mol. The minimum Gasteiger partial charge on any atom is -0.494 e. The van der Waals surface area contributed by atoms with Crippen molar-refractivity contribution >= 4 is 5.95 Å². The molecule has 0 fully saturated rings. The molecule has 1 atom stereocenters. The van der Waals surface area contributed by atoms with E-state index >= 15 is 0 Å². The second-order valence-corrected chi connectivity index (χ2v) is 9.40. The molecule has 0 radical (unpaired) electrons. The van der Waals surface area contributed by atoms with E-state index < -0.39 is 0 Å². The van der Waals surface area contributed by atoms with Crippen molar-refractivity contribution in [2.75, 3.05) is 39.1 Å². The summed E-state index contributed by atoms with van der Waals surface area (Å²) in [5, 5.41) is 0. The van der Waals surface area contributed by atoms with Gasteiger partial charge in [0.05, 0.1) is 30.3 Å². The molecule has 8 nitrogen and oxygen atoms in total. The summed E-state index contributed by atoms with van der Waals surface area (Å²) in [4.78, 5) is 16.0. The molecule has 0 saturated carbocycles. The summed E-state index contributed by atoms with van der Waals surface area (Å²) < 4.78 is 27.1. The fourth-order valence-electron chi connectivity index (χ4n) is 5.12. The first kappa shape index (κ1) is 25.8. The molecule has 2 N–H and O–H groups in total. The number of nitrogens with zero attached hydrogens (tertiary/aromatic N) is 5. The van der Waals surface area contributed by atoms with Gasteiger partial charge < -0.3 is 19.8 Å². The topological polar surface area (TPSA) is 91.3 Å². The average Bonchev–Trinajstić information content (AvgIpc) is 3.48. The molecule has 2 aromatic carbocycles. The van der Waals surface area contributed by atoms with Crippen molar-refractivity contribution in [2.24, 2.45) is 0 Å². The van der Waals surface area contributed by atoms with E-state index in [1.165, 1.54) is 17.7 Å². The fraction of sp³-hybridized carbons (Fsp3) is 0.345. The van der Waals surface area contributed by atoms with Crippen LogP contribution in [-0.2, 0) is 17.7 Å². The van der Waals surface area contributed by atoms with E-state index in [1.807, 2.05) is 25.1 Å². The Morgan fingerprint density at radius 3 is 2.74 bits per heavy atom. The van der Waals surface area contributed by atoms with Gasteiger partial charge in [-0.15, -0.1) is 0 Å². The van der Waals surface area contributed by atoms with Gasteiger partial charge in [-0.1, -0.05) is 12.1 Å². The third-order valence-electron chi connectivity index (χ3n) is 6.78. The van der Waals surface area contributed by atoms with Gasteiger partial charge in [0, 0.05) is 51.0 Å². The highest BCUT2D eigenvalue weighted by Crippen LogP contribution is 2.39. The van der Waals surface area contributed by atoms with Crippen LogP contribution in [0, 0.1) is 5.82 Å². The highest BCUT2D eigenvalue weighted by atomic mass is 19.1. The van der Waals surface area contributed by atoms with E-state index in [-0.39, 0.29) is 17.8 Å². The van der Waals surface area contributed by atoms with Gasteiger partial charge in [-0.05, 0) is 61.4 Å². The molecular weight excluding hydrogens is 483 g/mol. The van der Waals surface area contributed by atoms with E-state index in [0.717, 1.165) is 61.0 Å². The van der Waals surface area contributed by atoms with E-state index in [4.69, 9.17) is 20.2 Å². The Morgan fingerprint density at radius 2 is 1.97 bits per heavy atom. The highest BCUT2D eigenvalue weighted by Gasteiger charge is 2.32. The maximum atomic E-state index is 13.7. The van der Waals surface area contributed by atoms with Crippen molar-refractivity contribution in [3.8, 4) is 28.4 Å². The molecule has 0 spiro atoms. The number of halogens is 1. The largest absolute Gasteiger partial charge is 0.494 e. The number of aryl methyl sites for hydroxylation is 1. The van der Waals surface area contributed by atoms with Crippen LogP contribution in [0.25, 0.3) is 22.6 Å². The van der Waals surface area contributed by atoms with E-state index in [2.05, 4.69) is 31.6 Å². The van der Waals surface area contributed by atoms with Crippen LogP contribution in [0.3, 0.4) is 0 Å². The quantitative estimate of drug-likeness (QED) is 0.307. The number of anilines is 1.